The van der Waals surface area contributed by atoms with Crippen molar-refractivity contribution in [1.82, 2.24) is 19.9 Å². The van der Waals surface area contributed by atoms with Gasteiger partial charge >= 0.3 is 0 Å². The van der Waals surface area contributed by atoms with Gasteiger partial charge in [0.2, 0.25) is 11.9 Å². The van der Waals surface area contributed by atoms with E-state index in [1.165, 1.54) is 5.57 Å². The molecule has 4 rings (SSSR count). The Kier molecular flexibility index (Phi) is 5.87. The largest absolute Gasteiger partial charge is 0.338 e. The van der Waals surface area contributed by atoms with Gasteiger partial charge in [0.1, 0.15) is 5.84 Å². The first kappa shape index (κ1) is 19.5. The van der Waals surface area contributed by atoms with Crippen molar-refractivity contribution in [1.29, 1.82) is 0 Å². The highest BCUT2D eigenvalue weighted by atomic mass is 35.5. The summed E-state index contributed by atoms with van der Waals surface area (Å²) < 4.78 is 0. The molecule has 1 N–H and O–H groups in total. The molecule has 7 nitrogen and oxygen atoms in total. The molecular weight excluding hydrogens is 386 g/mol. The highest BCUT2D eigenvalue weighted by Crippen LogP contribution is 2.17. The van der Waals surface area contributed by atoms with Crippen molar-refractivity contribution in [2.75, 3.05) is 50.0 Å². The van der Waals surface area contributed by atoms with E-state index in [4.69, 9.17) is 11.6 Å². The number of hydrogen-bond acceptors (Lipinski definition) is 7. The Bertz CT molecular complexity index is 957. The molecule has 2 aromatic rings. The van der Waals surface area contributed by atoms with Gasteiger partial charge in [0.05, 0.1) is 6.54 Å². The number of hydrogen-bond donors (Lipinski definition) is 1. The van der Waals surface area contributed by atoms with Gasteiger partial charge in [-0.3, -0.25) is 4.99 Å². The van der Waals surface area contributed by atoms with Crippen LogP contribution in [-0.4, -0.2) is 65.5 Å². The van der Waals surface area contributed by atoms with Gasteiger partial charge in [-0.2, -0.15) is 15.0 Å². The van der Waals surface area contributed by atoms with Crippen molar-refractivity contribution in [3.05, 3.63) is 52.3 Å². The van der Waals surface area contributed by atoms with Crippen LogP contribution in [0, 0.1) is 0 Å². The molecule has 1 aromatic heterocycles. The number of likely N-dealkylation sites (N-methyl/N-ethyl adjacent to an activating group) is 1. The summed E-state index contributed by atoms with van der Waals surface area (Å²) in [5.41, 5.74) is 2.24. The minimum atomic E-state index is 0.509. The molecule has 1 saturated heterocycles. The summed E-state index contributed by atoms with van der Waals surface area (Å²) in [5.74, 6) is 2.58. The van der Waals surface area contributed by atoms with Crippen LogP contribution < -0.4 is 10.2 Å². The molecular formula is C21H24ClN7. The fourth-order valence-electron chi connectivity index (χ4n) is 3.13. The van der Waals surface area contributed by atoms with Gasteiger partial charge in [-0.15, -0.1) is 0 Å². The van der Waals surface area contributed by atoms with Crippen LogP contribution in [-0.2, 0) is 0 Å². The van der Waals surface area contributed by atoms with E-state index in [9.17, 15) is 0 Å². The summed E-state index contributed by atoms with van der Waals surface area (Å²) >= 11 is 5.97. The molecule has 1 aromatic carbocycles. The first-order valence-corrected chi connectivity index (χ1v) is 10.0. The summed E-state index contributed by atoms with van der Waals surface area (Å²) in [6.07, 6.45) is 5.89. The van der Waals surface area contributed by atoms with Gasteiger partial charge in [0.15, 0.2) is 5.82 Å². The SMILES string of the molecule is CC1=CC(Nc2nc(/C=C/c3ccc(Cl)cc3)nc(N3CCN(C)CC3)n2)=NC1. The highest BCUT2D eigenvalue weighted by molar-refractivity contribution is 6.30. The first-order chi connectivity index (χ1) is 14.0. The predicted octanol–water partition coefficient (Wildman–Crippen LogP) is 3.22. The zero-order valence-electron chi connectivity index (χ0n) is 16.6. The molecule has 0 saturated carbocycles. The predicted molar refractivity (Wildman–Crippen MR) is 120 cm³/mol. The van der Waals surface area contributed by atoms with Gasteiger partial charge in [-0.1, -0.05) is 29.8 Å². The number of piperazine rings is 1. The molecule has 3 heterocycles. The van der Waals surface area contributed by atoms with Gasteiger partial charge < -0.3 is 15.1 Å². The Balaban J connectivity index is 1.61. The van der Waals surface area contributed by atoms with E-state index in [2.05, 4.69) is 49.0 Å². The summed E-state index contributed by atoms with van der Waals surface area (Å²) in [5, 5.41) is 3.94. The first-order valence-electron chi connectivity index (χ1n) is 9.67. The Labute approximate surface area is 175 Å². The average Bonchev–Trinajstić information content (AvgIpc) is 3.12. The zero-order chi connectivity index (χ0) is 20.2. The number of amidine groups is 1. The highest BCUT2D eigenvalue weighted by Gasteiger charge is 2.18. The lowest BCUT2D eigenvalue weighted by Crippen LogP contribution is -2.45. The van der Waals surface area contributed by atoms with Crippen LogP contribution in [0.3, 0.4) is 0 Å². The summed E-state index contributed by atoms with van der Waals surface area (Å²) in [6.45, 7) is 6.52. The van der Waals surface area contributed by atoms with E-state index < -0.39 is 0 Å². The Hall–Kier alpha value is -2.77. The van der Waals surface area contributed by atoms with E-state index in [1.54, 1.807) is 0 Å². The minimum absolute atomic E-state index is 0.509. The quantitative estimate of drug-likeness (QED) is 0.836. The maximum absolute atomic E-state index is 5.97. The van der Waals surface area contributed by atoms with Crippen molar-refractivity contribution >= 4 is 41.5 Å². The van der Waals surface area contributed by atoms with Crippen LogP contribution >= 0.6 is 11.6 Å². The van der Waals surface area contributed by atoms with Gasteiger partial charge in [0, 0.05) is 31.2 Å². The van der Waals surface area contributed by atoms with Crippen molar-refractivity contribution < 1.29 is 0 Å². The van der Waals surface area contributed by atoms with Crippen molar-refractivity contribution in [2.45, 2.75) is 6.92 Å². The fraction of sp³-hybridized carbons (Fsp3) is 0.333. The van der Waals surface area contributed by atoms with Crippen LogP contribution in [0.5, 0.6) is 0 Å². The number of aromatic nitrogens is 3. The second-order valence-electron chi connectivity index (χ2n) is 7.31. The Morgan fingerprint density at radius 2 is 1.76 bits per heavy atom. The van der Waals surface area contributed by atoms with Gasteiger partial charge in [0.25, 0.3) is 0 Å². The number of halogens is 1. The van der Waals surface area contributed by atoms with Gasteiger partial charge in [-0.05, 0) is 49.4 Å². The molecule has 0 atom stereocenters. The molecule has 0 spiro atoms. The smallest absolute Gasteiger partial charge is 0.233 e. The summed E-state index contributed by atoms with van der Waals surface area (Å²) in [7, 11) is 2.13. The van der Waals surface area contributed by atoms with E-state index in [-0.39, 0.29) is 0 Å². The third-order valence-corrected chi connectivity index (χ3v) is 5.10. The van der Waals surface area contributed by atoms with Gasteiger partial charge in [-0.25, -0.2) is 0 Å². The second-order valence-corrected chi connectivity index (χ2v) is 7.75. The maximum Gasteiger partial charge on any atom is 0.233 e. The van der Waals surface area contributed by atoms with Crippen LogP contribution in [0.25, 0.3) is 12.2 Å². The van der Waals surface area contributed by atoms with Crippen LogP contribution in [0.2, 0.25) is 5.02 Å². The lowest BCUT2D eigenvalue weighted by atomic mass is 10.2. The van der Waals surface area contributed by atoms with Crippen LogP contribution in [0.15, 0.2) is 40.9 Å². The molecule has 2 aliphatic rings. The number of benzene rings is 1. The maximum atomic E-state index is 5.97. The third-order valence-electron chi connectivity index (χ3n) is 4.84. The molecule has 29 heavy (non-hydrogen) atoms. The molecule has 2 aliphatic heterocycles. The number of nitrogens with zero attached hydrogens (tertiary/aromatic N) is 6. The van der Waals surface area contributed by atoms with Crippen molar-refractivity contribution in [3.8, 4) is 0 Å². The average molecular weight is 410 g/mol. The molecule has 0 aliphatic carbocycles. The fourth-order valence-corrected chi connectivity index (χ4v) is 3.25. The molecule has 0 radical (unpaired) electrons. The molecule has 0 bridgehead atoms. The number of rotatable bonds is 4. The third kappa shape index (κ3) is 5.19. The van der Waals surface area contributed by atoms with Crippen LogP contribution in [0.1, 0.15) is 18.3 Å². The number of nitrogens with one attached hydrogen (secondary N) is 1. The van der Waals surface area contributed by atoms with Crippen LogP contribution in [0.4, 0.5) is 11.9 Å². The lowest BCUT2D eigenvalue weighted by molar-refractivity contribution is 0.311. The monoisotopic (exact) mass is 409 g/mol. The Morgan fingerprint density at radius 3 is 2.45 bits per heavy atom. The topological polar surface area (TPSA) is 69.5 Å². The van der Waals surface area contributed by atoms with E-state index in [0.29, 0.717) is 29.3 Å². The summed E-state index contributed by atoms with van der Waals surface area (Å²) in [6, 6.07) is 7.65. The molecule has 1 fully saturated rings. The minimum Gasteiger partial charge on any atom is -0.338 e. The Morgan fingerprint density at radius 1 is 1.00 bits per heavy atom. The number of anilines is 2. The lowest BCUT2D eigenvalue weighted by Gasteiger charge is -2.32. The molecule has 150 valence electrons. The standard InChI is InChI=1S/C21H24ClN7/c1-15-13-19(23-14-15)25-20-24-18(8-5-16-3-6-17(22)7-4-16)26-21(27-20)29-11-9-28(2)10-12-29/h3-8,13H,9-12,14H2,1-2H3,(H,23,24,25,26,27)/b8-5+. The molecule has 0 amide bonds. The van der Waals surface area contributed by atoms with Crippen molar-refractivity contribution in [3.63, 3.8) is 0 Å². The number of aliphatic imine (C=N–C) groups is 1. The molecule has 8 heteroatoms. The van der Waals surface area contributed by atoms with E-state index in [0.717, 1.165) is 37.6 Å². The molecule has 0 unspecified atom stereocenters. The van der Waals surface area contributed by atoms with Crippen molar-refractivity contribution in [2.24, 2.45) is 4.99 Å². The zero-order valence-corrected chi connectivity index (χ0v) is 17.4. The van der Waals surface area contributed by atoms with E-state index in [1.807, 2.05) is 42.5 Å². The van der Waals surface area contributed by atoms with E-state index >= 15 is 0 Å². The normalized spacial score (nSPS) is 17.6. The second kappa shape index (κ2) is 8.71. The summed E-state index contributed by atoms with van der Waals surface area (Å²) in [4.78, 5) is 22.9.